The minimum atomic E-state index is -0.136. The van der Waals surface area contributed by atoms with Crippen molar-refractivity contribution in [3.05, 3.63) is 42.5 Å². The van der Waals surface area contributed by atoms with Crippen LogP contribution in [0.15, 0.2) is 36.8 Å². The lowest BCUT2D eigenvalue weighted by molar-refractivity contribution is -0.114. The largest absolute Gasteiger partial charge is 0.360 e. The van der Waals surface area contributed by atoms with Gasteiger partial charge in [-0.2, -0.15) is 0 Å². The van der Waals surface area contributed by atoms with Gasteiger partial charge in [0.1, 0.15) is 5.82 Å². The minimum absolute atomic E-state index is 0.136. The van der Waals surface area contributed by atoms with Crippen molar-refractivity contribution >= 4 is 22.6 Å². The van der Waals surface area contributed by atoms with Crippen molar-refractivity contribution in [3.63, 3.8) is 0 Å². The molecule has 3 rings (SSSR count). The van der Waals surface area contributed by atoms with Crippen LogP contribution in [0.2, 0.25) is 0 Å². The summed E-state index contributed by atoms with van der Waals surface area (Å²) in [5.41, 5.74) is 3.98. The molecule has 1 amide bonds. The Morgan fingerprint density at radius 3 is 2.95 bits per heavy atom. The second-order valence-corrected chi connectivity index (χ2v) is 4.63. The maximum atomic E-state index is 11.1. The molecule has 0 saturated carbocycles. The minimum Gasteiger partial charge on any atom is -0.360 e. The molecule has 0 unspecified atom stereocenters. The van der Waals surface area contributed by atoms with Gasteiger partial charge in [-0.05, 0) is 30.7 Å². The number of aromatic nitrogens is 3. The van der Waals surface area contributed by atoms with E-state index in [4.69, 9.17) is 0 Å². The Balaban J connectivity index is 2.13. The molecule has 0 bridgehead atoms. The molecule has 0 aliphatic heterocycles. The van der Waals surface area contributed by atoms with Gasteiger partial charge in [-0.1, -0.05) is 0 Å². The molecule has 3 aromatic rings. The van der Waals surface area contributed by atoms with Gasteiger partial charge in [-0.3, -0.25) is 9.78 Å². The van der Waals surface area contributed by atoms with E-state index in [2.05, 4.69) is 20.3 Å². The number of hydrogen-bond donors (Lipinski definition) is 2. The fraction of sp³-hybridized carbons (Fsp3) is 0.133. The molecular formula is C15H14N4O. The molecule has 100 valence electrons. The predicted molar refractivity (Wildman–Crippen MR) is 78.4 cm³/mol. The first-order valence-corrected chi connectivity index (χ1v) is 6.32. The van der Waals surface area contributed by atoms with Gasteiger partial charge in [0.15, 0.2) is 0 Å². The molecule has 0 spiro atoms. The monoisotopic (exact) mass is 266 g/mol. The van der Waals surface area contributed by atoms with E-state index in [0.29, 0.717) is 5.82 Å². The Bertz CT molecular complexity index is 791. The van der Waals surface area contributed by atoms with E-state index in [1.54, 1.807) is 6.20 Å². The number of amides is 1. The lowest BCUT2D eigenvalue weighted by atomic mass is 10.0. The van der Waals surface area contributed by atoms with Crippen LogP contribution in [0.5, 0.6) is 0 Å². The number of H-pyrrole nitrogens is 1. The van der Waals surface area contributed by atoms with Gasteiger partial charge in [-0.25, -0.2) is 4.98 Å². The summed E-state index contributed by atoms with van der Waals surface area (Å²) >= 11 is 0. The molecule has 0 aromatic carbocycles. The number of rotatable bonds is 2. The van der Waals surface area contributed by atoms with Gasteiger partial charge in [0.2, 0.25) is 5.91 Å². The lowest BCUT2D eigenvalue weighted by Crippen LogP contribution is -2.07. The third-order valence-electron chi connectivity index (χ3n) is 3.16. The zero-order valence-corrected chi connectivity index (χ0v) is 11.3. The number of nitrogens with zero attached hydrogens (tertiary/aromatic N) is 2. The smallest absolute Gasteiger partial charge is 0.222 e. The standard InChI is InChI=1S/C15H14N4O/c1-9-15-12(4-6-17-15)13(8-18-9)11-3-5-16-14(7-11)19-10(2)20/h3-8,17H,1-2H3,(H,16,19,20). The molecule has 0 aliphatic carbocycles. The van der Waals surface area contributed by atoms with Gasteiger partial charge in [0.05, 0.1) is 11.2 Å². The highest BCUT2D eigenvalue weighted by molar-refractivity contribution is 5.96. The molecule has 5 heteroatoms. The molecule has 0 aliphatic rings. The van der Waals surface area contributed by atoms with E-state index in [9.17, 15) is 4.79 Å². The fourth-order valence-corrected chi connectivity index (χ4v) is 2.27. The van der Waals surface area contributed by atoms with Crippen LogP contribution < -0.4 is 5.32 Å². The maximum Gasteiger partial charge on any atom is 0.222 e. The Kier molecular flexibility index (Phi) is 2.95. The highest BCUT2D eigenvalue weighted by Crippen LogP contribution is 2.29. The first-order valence-electron chi connectivity index (χ1n) is 6.32. The van der Waals surface area contributed by atoms with E-state index in [-0.39, 0.29) is 5.91 Å². The molecule has 0 saturated heterocycles. The summed E-state index contributed by atoms with van der Waals surface area (Å²) in [5, 5.41) is 3.80. The molecule has 0 radical (unpaired) electrons. The molecule has 2 N–H and O–H groups in total. The van der Waals surface area contributed by atoms with Gasteiger partial charge < -0.3 is 10.3 Å². The fourth-order valence-electron chi connectivity index (χ4n) is 2.27. The average Bonchev–Trinajstić information content (AvgIpc) is 2.89. The van der Waals surface area contributed by atoms with Crippen molar-refractivity contribution in [1.29, 1.82) is 0 Å². The van der Waals surface area contributed by atoms with E-state index < -0.39 is 0 Å². The SMILES string of the molecule is CC(=O)Nc1cc(-c2cnc(C)c3[nH]ccc23)ccn1. The molecule has 5 nitrogen and oxygen atoms in total. The first kappa shape index (κ1) is 12.3. The van der Waals surface area contributed by atoms with Crippen LogP contribution in [0.4, 0.5) is 5.82 Å². The Morgan fingerprint density at radius 2 is 2.15 bits per heavy atom. The number of fused-ring (bicyclic) bond motifs is 1. The Morgan fingerprint density at radius 1 is 1.30 bits per heavy atom. The highest BCUT2D eigenvalue weighted by Gasteiger charge is 2.09. The summed E-state index contributed by atoms with van der Waals surface area (Å²) in [6.07, 6.45) is 5.43. The third kappa shape index (κ3) is 2.14. The van der Waals surface area contributed by atoms with E-state index >= 15 is 0 Å². The second-order valence-electron chi connectivity index (χ2n) is 4.63. The topological polar surface area (TPSA) is 70.7 Å². The van der Waals surface area contributed by atoms with Gasteiger partial charge in [0.25, 0.3) is 0 Å². The Labute approximate surface area is 116 Å². The van der Waals surface area contributed by atoms with Crippen molar-refractivity contribution in [1.82, 2.24) is 15.0 Å². The van der Waals surface area contributed by atoms with Crippen LogP contribution >= 0.6 is 0 Å². The maximum absolute atomic E-state index is 11.1. The van der Waals surface area contributed by atoms with Crippen molar-refractivity contribution < 1.29 is 4.79 Å². The second kappa shape index (κ2) is 4.77. The lowest BCUT2D eigenvalue weighted by Gasteiger charge is -2.07. The summed E-state index contributed by atoms with van der Waals surface area (Å²) in [7, 11) is 0. The number of hydrogen-bond acceptors (Lipinski definition) is 3. The zero-order valence-electron chi connectivity index (χ0n) is 11.3. The van der Waals surface area contributed by atoms with Gasteiger partial charge >= 0.3 is 0 Å². The Hall–Kier alpha value is -2.69. The zero-order chi connectivity index (χ0) is 14.1. The average molecular weight is 266 g/mol. The molecule has 0 fully saturated rings. The van der Waals surface area contributed by atoms with Crippen LogP contribution in [0.25, 0.3) is 22.0 Å². The van der Waals surface area contributed by atoms with E-state index in [0.717, 1.165) is 27.7 Å². The van der Waals surface area contributed by atoms with E-state index in [1.807, 2.05) is 37.5 Å². The summed E-state index contributed by atoms with van der Waals surface area (Å²) in [4.78, 5) is 22.8. The van der Waals surface area contributed by atoms with Crippen molar-refractivity contribution in [2.75, 3.05) is 5.32 Å². The molecule has 3 heterocycles. The van der Waals surface area contributed by atoms with Crippen molar-refractivity contribution in [3.8, 4) is 11.1 Å². The van der Waals surface area contributed by atoms with Crippen molar-refractivity contribution in [2.24, 2.45) is 0 Å². The third-order valence-corrected chi connectivity index (χ3v) is 3.16. The summed E-state index contributed by atoms with van der Waals surface area (Å²) in [6, 6.07) is 5.78. The summed E-state index contributed by atoms with van der Waals surface area (Å²) in [5.74, 6) is 0.405. The normalized spacial score (nSPS) is 10.7. The number of anilines is 1. The van der Waals surface area contributed by atoms with Crippen LogP contribution in [0, 0.1) is 6.92 Å². The van der Waals surface area contributed by atoms with Crippen LogP contribution in [-0.4, -0.2) is 20.9 Å². The van der Waals surface area contributed by atoms with Crippen LogP contribution in [0.3, 0.4) is 0 Å². The van der Waals surface area contributed by atoms with Crippen LogP contribution in [0.1, 0.15) is 12.6 Å². The van der Waals surface area contributed by atoms with Crippen LogP contribution in [-0.2, 0) is 4.79 Å². The van der Waals surface area contributed by atoms with E-state index in [1.165, 1.54) is 6.92 Å². The highest BCUT2D eigenvalue weighted by atomic mass is 16.1. The molecule has 20 heavy (non-hydrogen) atoms. The number of pyridine rings is 2. The molecular weight excluding hydrogens is 252 g/mol. The predicted octanol–water partition coefficient (Wildman–Crippen LogP) is 2.89. The number of aromatic amines is 1. The number of carbonyl (C=O) groups is 1. The molecule has 3 aromatic heterocycles. The first-order chi connectivity index (χ1) is 9.65. The number of aryl methyl sites for hydroxylation is 1. The summed E-state index contributed by atoms with van der Waals surface area (Å²) < 4.78 is 0. The number of nitrogens with one attached hydrogen (secondary N) is 2. The van der Waals surface area contributed by atoms with Gasteiger partial charge in [-0.15, -0.1) is 0 Å². The van der Waals surface area contributed by atoms with Gasteiger partial charge in [0, 0.05) is 36.5 Å². The quantitative estimate of drug-likeness (QED) is 0.749. The van der Waals surface area contributed by atoms with Crippen molar-refractivity contribution in [2.45, 2.75) is 13.8 Å². The number of carbonyl (C=O) groups excluding carboxylic acids is 1. The molecule has 0 atom stereocenters. The summed E-state index contributed by atoms with van der Waals surface area (Å²) in [6.45, 7) is 3.43.